The molecule has 1 aliphatic carbocycles. The van der Waals surface area contributed by atoms with E-state index in [1.165, 1.54) is 0 Å². The molecule has 6 heteroatoms. The van der Waals surface area contributed by atoms with Crippen molar-refractivity contribution in [2.24, 2.45) is 5.10 Å². The van der Waals surface area contributed by atoms with E-state index in [2.05, 4.69) is 20.7 Å². The van der Waals surface area contributed by atoms with Crippen LogP contribution in [-0.2, 0) is 12.8 Å². The molecule has 0 unspecified atom stereocenters. The fraction of sp³-hybridized carbons (Fsp3) is 0.312. The summed E-state index contributed by atoms with van der Waals surface area (Å²) in [4.78, 5) is 12.2. The number of aromatic nitrogens is 2. The summed E-state index contributed by atoms with van der Waals surface area (Å²) in [6.07, 6.45) is 4.10. The molecule has 3 rings (SSSR count). The van der Waals surface area contributed by atoms with Crippen LogP contribution in [0, 0.1) is 0 Å². The normalized spacial score (nSPS) is 14.5. The van der Waals surface area contributed by atoms with Crippen LogP contribution >= 0.6 is 11.6 Å². The molecule has 2 aromatic rings. The lowest BCUT2D eigenvalue weighted by atomic mass is 9.96. The van der Waals surface area contributed by atoms with Crippen LogP contribution in [0.2, 0.25) is 5.02 Å². The Balaban J connectivity index is 1.73. The maximum Gasteiger partial charge on any atom is 0.292 e. The minimum absolute atomic E-state index is 0.271. The zero-order valence-corrected chi connectivity index (χ0v) is 13.1. The summed E-state index contributed by atoms with van der Waals surface area (Å²) in [5.41, 5.74) is 6.78. The molecule has 5 nitrogen and oxygen atoms in total. The number of nitrogens with one attached hydrogen (secondary N) is 2. The highest BCUT2D eigenvalue weighted by atomic mass is 35.5. The van der Waals surface area contributed by atoms with Gasteiger partial charge in [-0.25, -0.2) is 5.43 Å². The Morgan fingerprint density at radius 2 is 2.00 bits per heavy atom. The van der Waals surface area contributed by atoms with Crippen LogP contribution < -0.4 is 5.43 Å². The average Bonchev–Trinajstić information content (AvgIpc) is 2.97. The molecule has 0 fully saturated rings. The number of aryl methyl sites for hydroxylation is 1. The van der Waals surface area contributed by atoms with Gasteiger partial charge in [-0.15, -0.1) is 0 Å². The number of hydrogen-bond donors (Lipinski definition) is 2. The van der Waals surface area contributed by atoms with Crippen molar-refractivity contribution in [3.05, 3.63) is 51.8 Å². The van der Waals surface area contributed by atoms with Gasteiger partial charge in [-0.2, -0.15) is 10.2 Å². The molecule has 1 heterocycles. The van der Waals surface area contributed by atoms with Crippen LogP contribution in [-0.4, -0.2) is 21.8 Å². The number of halogens is 1. The number of fused-ring (bicyclic) bond motifs is 1. The van der Waals surface area contributed by atoms with Crippen molar-refractivity contribution in [3.63, 3.8) is 0 Å². The quantitative estimate of drug-likeness (QED) is 0.674. The number of rotatable bonds is 3. The number of hydrazone groups is 1. The van der Waals surface area contributed by atoms with Crippen LogP contribution in [0.3, 0.4) is 0 Å². The monoisotopic (exact) mass is 316 g/mol. The highest BCUT2D eigenvalue weighted by molar-refractivity contribution is 6.30. The molecule has 1 amide bonds. The Kier molecular flexibility index (Phi) is 4.24. The molecule has 0 radical (unpaired) electrons. The first-order valence-corrected chi connectivity index (χ1v) is 7.69. The molecule has 114 valence electrons. The lowest BCUT2D eigenvalue weighted by Gasteiger charge is -2.10. The Bertz CT molecular complexity index is 718. The topological polar surface area (TPSA) is 70.1 Å². The van der Waals surface area contributed by atoms with Gasteiger partial charge < -0.3 is 0 Å². The molecule has 1 aromatic heterocycles. The van der Waals surface area contributed by atoms with Gasteiger partial charge in [0.25, 0.3) is 5.91 Å². The molecular weight excluding hydrogens is 300 g/mol. The second-order valence-electron chi connectivity index (χ2n) is 5.38. The summed E-state index contributed by atoms with van der Waals surface area (Å²) in [5.74, 6) is -0.271. The van der Waals surface area contributed by atoms with E-state index in [4.69, 9.17) is 11.6 Å². The summed E-state index contributed by atoms with van der Waals surface area (Å²) < 4.78 is 0. The first kappa shape index (κ1) is 14.8. The van der Waals surface area contributed by atoms with E-state index in [1.54, 1.807) is 12.1 Å². The maximum atomic E-state index is 12.2. The number of hydrogen-bond acceptors (Lipinski definition) is 3. The van der Waals surface area contributed by atoms with Gasteiger partial charge in [-0.1, -0.05) is 23.7 Å². The van der Waals surface area contributed by atoms with Gasteiger partial charge in [-0.3, -0.25) is 9.89 Å². The Morgan fingerprint density at radius 3 is 2.77 bits per heavy atom. The van der Waals surface area contributed by atoms with Gasteiger partial charge in [0, 0.05) is 16.3 Å². The van der Waals surface area contributed by atoms with E-state index in [9.17, 15) is 4.79 Å². The van der Waals surface area contributed by atoms with Crippen molar-refractivity contribution in [2.75, 3.05) is 0 Å². The minimum Gasteiger partial charge on any atom is -0.281 e. The fourth-order valence-electron chi connectivity index (χ4n) is 2.61. The second-order valence-corrected chi connectivity index (χ2v) is 5.82. The van der Waals surface area contributed by atoms with Crippen molar-refractivity contribution in [1.82, 2.24) is 15.6 Å². The van der Waals surface area contributed by atoms with Crippen LogP contribution in [0.15, 0.2) is 29.4 Å². The third kappa shape index (κ3) is 3.04. The lowest BCUT2D eigenvalue weighted by Crippen LogP contribution is -2.21. The van der Waals surface area contributed by atoms with Crippen LogP contribution in [0.1, 0.15) is 47.1 Å². The van der Waals surface area contributed by atoms with Crippen molar-refractivity contribution in [3.8, 4) is 0 Å². The molecule has 0 saturated carbocycles. The van der Waals surface area contributed by atoms with Crippen LogP contribution in [0.4, 0.5) is 0 Å². The Morgan fingerprint density at radius 1 is 1.27 bits per heavy atom. The Hall–Kier alpha value is -2.14. The molecular formula is C16H17ClN4O. The van der Waals surface area contributed by atoms with E-state index >= 15 is 0 Å². The third-order valence-electron chi connectivity index (χ3n) is 3.86. The summed E-state index contributed by atoms with van der Waals surface area (Å²) in [6, 6.07) is 7.32. The predicted molar refractivity (Wildman–Crippen MR) is 86.4 cm³/mol. The molecule has 2 N–H and O–H groups in total. The van der Waals surface area contributed by atoms with Crippen molar-refractivity contribution >= 4 is 23.2 Å². The fourth-order valence-corrected chi connectivity index (χ4v) is 2.74. The average molecular weight is 317 g/mol. The summed E-state index contributed by atoms with van der Waals surface area (Å²) in [6.45, 7) is 1.84. The first-order valence-electron chi connectivity index (χ1n) is 7.32. The smallest absolute Gasteiger partial charge is 0.281 e. The van der Waals surface area contributed by atoms with E-state index in [0.717, 1.165) is 48.2 Å². The number of aromatic amines is 1. The summed E-state index contributed by atoms with van der Waals surface area (Å²) >= 11 is 5.86. The van der Waals surface area contributed by atoms with E-state index in [-0.39, 0.29) is 5.91 Å². The van der Waals surface area contributed by atoms with E-state index in [0.29, 0.717) is 10.7 Å². The molecule has 22 heavy (non-hydrogen) atoms. The van der Waals surface area contributed by atoms with Crippen molar-refractivity contribution < 1.29 is 4.79 Å². The van der Waals surface area contributed by atoms with E-state index in [1.807, 2.05) is 19.1 Å². The predicted octanol–water partition coefficient (Wildman–Crippen LogP) is 3.10. The molecule has 0 spiro atoms. The Labute approximate surface area is 133 Å². The van der Waals surface area contributed by atoms with Crippen LogP contribution in [0.5, 0.6) is 0 Å². The number of benzene rings is 1. The van der Waals surface area contributed by atoms with Gasteiger partial charge in [0.05, 0.1) is 5.71 Å². The van der Waals surface area contributed by atoms with E-state index < -0.39 is 0 Å². The molecule has 0 bridgehead atoms. The highest BCUT2D eigenvalue weighted by Gasteiger charge is 2.21. The standard InChI is InChI=1S/C16H17ClN4O/c1-10(11-6-8-12(17)9-7-11)18-21-16(22)15-13-4-2-3-5-14(13)19-20-15/h6-9H,2-5H2,1H3,(H,19,20)(H,21,22)/b18-10+. The summed E-state index contributed by atoms with van der Waals surface area (Å²) in [5, 5.41) is 11.9. The minimum atomic E-state index is -0.271. The number of nitrogens with zero attached hydrogens (tertiary/aromatic N) is 2. The first-order chi connectivity index (χ1) is 10.6. The lowest BCUT2D eigenvalue weighted by molar-refractivity contribution is 0.0949. The van der Waals surface area contributed by atoms with Gasteiger partial charge in [0.15, 0.2) is 5.69 Å². The van der Waals surface area contributed by atoms with Gasteiger partial charge in [0.1, 0.15) is 0 Å². The van der Waals surface area contributed by atoms with Crippen molar-refractivity contribution in [2.45, 2.75) is 32.6 Å². The molecule has 1 aliphatic rings. The number of carbonyl (C=O) groups excluding carboxylic acids is 1. The number of carbonyl (C=O) groups is 1. The maximum absolute atomic E-state index is 12.2. The van der Waals surface area contributed by atoms with Gasteiger partial charge in [0.2, 0.25) is 0 Å². The van der Waals surface area contributed by atoms with Gasteiger partial charge >= 0.3 is 0 Å². The SMILES string of the molecule is C/C(=N\NC(=O)c1n[nH]c2c1CCCC2)c1ccc(Cl)cc1. The molecule has 0 atom stereocenters. The number of H-pyrrole nitrogens is 1. The van der Waals surface area contributed by atoms with Gasteiger partial charge in [-0.05, 0) is 50.3 Å². The summed E-state index contributed by atoms with van der Waals surface area (Å²) in [7, 11) is 0. The second kappa shape index (κ2) is 6.32. The van der Waals surface area contributed by atoms with Crippen molar-refractivity contribution in [1.29, 1.82) is 0 Å². The molecule has 0 saturated heterocycles. The van der Waals surface area contributed by atoms with Crippen LogP contribution in [0.25, 0.3) is 0 Å². The zero-order chi connectivity index (χ0) is 15.5. The zero-order valence-electron chi connectivity index (χ0n) is 12.3. The third-order valence-corrected chi connectivity index (χ3v) is 4.11. The molecule has 1 aromatic carbocycles. The number of amides is 1. The molecule has 0 aliphatic heterocycles. The largest absolute Gasteiger partial charge is 0.292 e. The highest BCUT2D eigenvalue weighted by Crippen LogP contribution is 2.22.